The van der Waals surface area contributed by atoms with Crippen molar-refractivity contribution in [3.05, 3.63) is 32.6 Å². The van der Waals surface area contributed by atoms with Crippen molar-refractivity contribution in [2.75, 3.05) is 13.2 Å². The summed E-state index contributed by atoms with van der Waals surface area (Å²) in [7, 11) is -4.50. The van der Waals surface area contributed by atoms with E-state index in [0.29, 0.717) is 5.56 Å². The highest BCUT2D eigenvalue weighted by Gasteiger charge is 2.12. The second-order valence-corrected chi connectivity index (χ2v) is 4.64. The molecule has 0 aliphatic carbocycles. The van der Waals surface area contributed by atoms with Crippen LogP contribution < -0.4 is 11.2 Å². The predicted octanol–water partition coefficient (Wildman–Crippen LogP) is -1.07. The SMILES string of the molecule is Cc1cn(COCCOP(=O)(O)O)c(=O)[nH]c1=O. The van der Waals surface area contributed by atoms with Gasteiger partial charge in [0.15, 0.2) is 0 Å². The van der Waals surface area contributed by atoms with Crippen molar-refractivity contribution in [2.24, 2.45) is 0 Å². The Kier molecular flexibility index (Phi) is 5.00. The number of nitrogens with zero attached hydrogens (tertiary/aromatic N) is 1. The average molecular weight is 280 g/mol. The van der Waals surface area contributed by atoms with Gasteiger partial charge < -0.3 is 14.5 Å². The molecule has 0 fully saturated rings. The number of rotatable bonds is 6. The molecule has 0 aliphatic rings. The highest BCUT2D eigenvalue weighted by atomic mass is 31.2. The third kappa shape index (κ3) is 4.94. The number of hydrogen-bond donors (Lipinski definition) is 3. The summed E-state index contributed by atoms with van der Waals surface area (Å²) >= 11 is 0. The standard InChI is InChI=1S/C8H13N2O7P/c1-6-4-10(8(12)9-7(6)11)5-16-2-3-17-18(13,14)15/h4H,2-3,5H2,1H3,(H,9,11,12)(H2,13,14,15). The van der Waals surface area contributed by atoms with Crippen LogP contribution in [0, 0.1) is 6.92 Å². The van der Waals surface area contributed by atoms with Gasteiger partial charge >= 0.3 is 13.5 Å². The lowest BCUT2D eigenvalue weighted by atomic mass is 10.4. The first-order valence-electron chi connectivity index (χ1n) is 4.88. The van der Waals surface area contributed by atoms with E-state index < -0.39 is 19.1 Å². The summed E-state index contributed by atoms with van der Waals surface area (Å²) in [5, 5.41) is 0. The van der Waals surface area contributed by atoms with E-state index in [1.165, 1.54) is 13.1 Å². The number of H-pyrrole nitrogens is 1. The molecule has 0 radical (unpaired) electrons. The van der Waals surface area contributed by atoms with Crippen LogP contribution in [-0.2, 0) is 20.6 Å². The monoisotopic (exact) mass is 280 g/mol. The zero-order valence-corrected chi connectivity index (χ0v) is 10.4. The highest BCUT2D eigenvalue weighted by Crippen LogP contribution is 2.35. The highest BCUT2D eigenvalue weighted by molar-refractivity contribution is 7.46. The largest absolute Gasteiger partial charge is 0.469 e. The third-order valence-electron chi connectivity index (χ3n) is 1.91. The Hall–Kier alpha value is -1.25. The molecule has 0 unspecified atom stereocenters. The van der Waals surface area contributed by atoms with E-state index in [4.69, 9.17) is 14.5 Å². The minimum absolute atomic E-state index is 0.101. The molecule has 0 saturated carbocycles. The van der Waals surface area contributed by atoms with Gasteiger partial charge in [0.05, 0.1) is 13.2 Å². The lowest BCUT2D eigenvalue weighted by Crippen LogP contribution is -2.31. The second-order valence-electron chi connectivity index (χ2n) is 3.40. The molecule has 1 heterocycles. The Bertz CT molecular complexity index is 557. The molecule has 0 saturated heterocycles. The summed E-state index contributed by atoms with van der Waals surface area (Å²) in [6.07, 6.45) is 1.32. The number of aromatic amines is 1. The zero-order valence-electron chi connectivity index (χ0n) is 9.53. The maximum absolute atomic E-state index is 11.3. The van der Waals surface area contributed by atoms with E-state index in [2.05, 4.69) is 9.51 Å². The number of ether oxygens (including phenoxy) is 1. The molecule has 1 aromatic rings. The molecule has 0 aromatic carbocycles. The van der Waals surface area contributed by atoms with Crippen molar-refractivity contribution in [1.29, 1.82) is 0 Å². The van der Waals surface area contributed by atoms with Gasteiger partial charge in [0.25, 0.3) is 5.56 Å². The number of phosphoric ester groups is 1. The van der Waals surface area contributed by atoms with Crippen LogP contribution in [0.2, 0.25) is 0 Å². The van der Waals surface area contributed by atoms with Crippen LogP contribution in [0.5, 0.6) is 0 Å². The van der Waals surface area contributed by atoms with Gasteiger partial charge in [-0.15, -0.1) is 0 Å². The first-order chi connectivity index (χ1) is 8.29. The van der Waals surface area contributed by atoms with E-state index in [9.17, 15) is 14.2 Å². The number of aromatic nitrogens is 2. The average Bonchev–Trinajstić information content (AvgIpc) is 2.23. The normalized spacial score (nSPS) is 11.7. The Morgan fingerprint density at radius 1 is 1.39 bits per heavy atom. The van der Waals surface area contributed by atoms with E-state index in [-0.39, 0.29) is 19.9 Å². The molecule has 0 bridgehead atoms. The Morgan fingerprint density at radius 3 is 2.67 bits per heavy atom. The fourth-order valence-electron chi connectivity index (χ4n) is 1.09. The van der Waals surface area contributed by atoms with Crippen LogP contribution in [0.3, 0.4) is 0 Å². The molecular formula is C8H13N2O7P. The maximum Gasteiger partial charge on any atom is 0.469 e. The molecule has 10 heteroatoms. The number of nitrogens with one attached hydrogen (secondary N) is 1. The molecule has 1 rings (SSSR count). The summed E-state index contributed by atoms with van der Waals surface area (Å²) in [6.45, 7) is 0.976. The van der Waals surface area contributed by atoms with Crippen LogP contribution >= 0.6 is 7.82 Å². The third-order valence-corrected chi connectivity index (χ3v) is 2.43. The Labute approximate surface area is 101 Å². The first kappa shape index (κ1) is 14.8. The van der Waals surface area contributed by atoms with E-state index >= 15 is 0 Å². The van der Waals surface area contributed by atoms with Crippen molar-refractivity contribution in [1.82, 2.24) is 9.55 Å². The molecule has 0 atom stereocenters. The summed E-state index contributed by atoms with van der Waals surface area (Å²) in [6, 6.07) is 0. The van der Waals surface area contributed by atoms with Crippen LogP contribution in [0.1, 0.15) is 5.56 Å². The lowest BCUT2D eigenvalue weighted by Gasteiger charge is -2.08. The second kappa shape index (κ2) is 6.07. The fraction of sp³-hybridized carbons (Fsp3) is 0.500. The molecular weight excluding hydrogens is 267 g/mol. The van der Waals surface area contributed by atoms with Gasteiger partial charge in [0, 0.05) is 11.8 Å². The first-order valence-corrected chi connectivity index (χ1v) is 6.41. The zero-order chi connectivity index (χ0) is 13.8. The lowest BCUT2D eigenvalue weighted by molar-refractivity contribution is 0.0434. The molecule has 3 N–H and O–H groups in total. The minimum atomic E-state index is -4.50. The van der Waals surface area contributed by atoms with Gasteiger partial charge in [-0.25, -0.2) is 9.36 Å². The number of phosphoric acid groups is 1. The summed E-state index contributed by atoms with van der Waals surface area (Å²) in [5.41, 5.74) is -0.743. The van der Waals surface area contributed by atoms with Crippen molar-refractivity contribution in [3.63, 3.8) is 0 Å². The van der Waals surface area contributed by atoms with Crippen LogP contribution in [0.25, 0.3) is 0 Å². The number of aryl methyl sites for hydroxylation is 1. The molecule has 0 aliphatic heterocycles. The molecule has 9 nitrogen and oxygen atoms in total. The minimum Gasteiger partial charge on any atom is -0.358 e. The quantitative estimate of drug-likeness (QED) is 0.446. The Morgan fingerprint density at radius 2 is 2.06 bits per heavy atom. The van der Waals surface area contributed by atoms with E-state index in [0.717, 1.165) is 4.57 Å². The van der Waals surface area contributed by atoms with Gasteiger partial charge in [-0.1, -0.05) is 0 Å². The summed E-state index contributed by atoms with van der Waals surface area (Å²) in [4.78, 5) is 41.2. The van der Waals surface area contributed by atoms with Gasteiger partial charge in [-0.3, -0.25) is 18.9 Å². The van der Waals surface area contributed by atoms with Crippen LogP contribution in [0.4, 0.5) is 0 Å². The topological polar surface area (TPSA) is 131 Å². The van der Waals surface area contributed by atoms with Gasteiger partial charge in [0.2, 0.25) is 0 Å². The van der Waals surface area contributed by atoms with E-state index in [1.807, 2.05) is 0 Å². The predicted molar refractivity (Wildman–Crippen MR) is 60.0 cm³/mol. The molecule has 18 heavy (non-hydrogen) atoms. The molecule has 102 valence electrons. The van der Waals surface area contributed by atoms with Crippen molar-refractivity contribution >= 4 is 7.82 Å². The summed E-state index contributed by atoms with van der Waals surface area (Å²) < 4.78 is 20.5. The summed E-state index contributed by atoms with van der Waals surface area (Å²) in [5.74, 6) is 0. The fourth-order valence-corrected chi connectivity index (χ4v) is 1.40. The van der Waals surface area contributed by atoms with Crippen molar-refractivity contribution in [2.45, 2.75) is 13.7 Å². The Balaban J connectivity index is 2.45. The smallest absolute Gasteiger partial charge is 0.358 e. The van der Waals surface area contributed by atoms with Crippen molar-refractivity contribution < 1.29 is 23.6 Å². The molecule has 0 amide bonds. The van der Waals surface area contributed by atoms with Crippen molar-refractivity contribution in [3.8, 4) is 0 Å². The molecule has 0 spiro atoms. The van der Waals surface area contributed by atoms with Gasteiger partial charge in [0.1, 0.15) is 6.73 Å². The van der Waals surface area contributed by atoms with Crippen LogP contribution in [0.15, 0.2) is 15.8 Å². The van der Waals surface area contributed by atoms with E-state index in [1.54, 1.807) is 0 Å². The molecule has 1 aromatic heterocycles. The van der Waals surface area contributed by atoms with Crippen LogP contribution in [-0.4, -0.2) is 32.6 Å². The number of hydrogen-bond acceptors (Lipinski definition) is 5. The van der Waals surface area contributed by atoms with Gasteiger partial charge in [-0.2, -0.15) is 0 Å². The van der Waals surface area contributed by atoms with Gasteiger partial charge in [-0.05, 0) is 6.92 Å². The maximum atomic E-state index is 11.3.